The standard InChI is InChI=1S/C20H17NO5/c1-25-19(23)15-12-14-10-6-7-11-16(14)21(17(15)20(24)26-2)18(22)13-8-4-3-5-9-13/h3-12,17H,1-2H3. The van der Waals surface area contributed by atoms with Gasteiger partial charge in [-0.05, 0) is 29.8 Å². The number of benzene rings is 2. The van der Waals surface area contributed by atoms with E-state index in [2.05, 4.69) is 0 Å². The van der Waals surface area contributed by atoms with E-state index in [-0.39, 0.29) is 5.57 Å². The van der Waals surface area contributed by atoms with E-state index < -0.39 is 23.9 Å². The number of hydrogen-bond donors (Lipinski definition) is 0. The zero-order chi connectivity index (χ0) is 18.7. The lowest BCUT2D eigenvalue weighted by atomic mass is 9.94. The minimum atomic E-state index is -1.23. The van der Waals surface area contributed by atoms with Gasteiger partial charge in [-0.3, -0.25) is 9.69 Å². The molecule has 1 atom stereocenters. The summed E-state index contributed by atoms with van der Waals surface area (Å²) in [7, 11) is 2.43. The van der Waals surface area contributed by atoms with E-state index in [4.69, 9.17) is 9.47 Å². The molecule has 0 N–H and O–H groups in total. The van der Waals surface area contributed by atoms with E-state index in [9.17, 15) is 14.4 Å². The first-order chi connectivity index (χ1) is 12.6. The number of carbonyl (C=O) groups is 3. The minimum absolute atomic E-state index is 0.0438. The van der Waals surface area contributed by atoms with Gasteiger partial charge in [0.1, 0.15) is 0 Å². The summed E-state index contributed by atoms with van der Waals surface area (Å²) in [4.78, 5) is 39.2. The third-order valence-electron chi connectivity index (χ3n) is 4.15. The first kappa shape index (κ1) is 17.4. The number of ether oxygens (including phenoxy) is 2. The molecule has 3 rings (SSSR count). The van der Waals surface area contributed by atoms with Crippen LogP contribution in [0.15, 0.2) is 60.2 Å². The van der Waals surface area contributed by atoms with E-state index in [1.165, 1.54) is 19.1 Å². The normalized spacial score (nSPS) is 15.5. The molecule has 6 heteroatoms. The molecule has 2 aromatic rings. The predicted octanol–water partition coefficient (Wildman–Crippen LogP) is 2.45. The van der Waals surface area contributed by atoms with Gasteiger partial charge in [0, 0.05) is 5.56 Å². The highest BCUT2D eigenvalue weighted by Gasteiger charge is 2.42. The van der Waals surface area contributed by atoms with Gasteiger partial charge in [0.2, 0.25) is 0 Å². The van der Waals surface area contributed by atoms with E-state index in [0.717, 1.165) is 0 Å². The Morgan fingerprint density at radius 3 is 2.19 bits per heavy atom. The Hall–Kier alpha value is -3.41. The van der Waals surface area contributed by atoms with E-state index in [1.54, 1.807) is 60.7 Å². The topological polar surface area (TPSA) is 72.9 Å². The maximum Gasteiger partial charge on any atom is 0.336 e. The highest BCUT2D eigenvalue weighted by molar-refractivity contribution is 6.16. The molecule has 0 aromatic heterocycles. The molecule has 1 unspecified atom stereocenters. The van der Waals surface area contributed by atoms with Crippen LogP contribution in [0.2, 0.25) is 0 Å². The Morgan fingerprint density at radius 1 is 0.885 bits per heavy atom. The van der Waals surface area contributed by atoms with Crippen molar-refractivity contribution in [1.29, 1.82) is 0 Å². The third-order valence-corrected chi connectivity index (χ3v) is 4.15. The number of para-hydroxylation sites is 1. The summed E-state index contributed by atoms with van der Waals surface area (Å²) in [5.74, 6) is -1.83. The van der Waals surface area contributed by atoms with Gasteiger partial charge in [0.05, 0.1) is 25.5 Å². The molecular weight excluding hydrogens is 334 g/mol. The van der Waals surface area contributed by atoms with Crippen molar-refractivity contribution in [3.8, 4) is 0 Å². The molecule has 0 spiro atoms. The Labute approximate surface area is 150 Å². The van der Waals surface area contributed by atoms with Gasteiger partial charge in [0.25, 0.3) is 5.91 Å². The summed E-state index contributed by atoms with van der Waals surface area (Å²) in [6, 6.07) is 14.3. The largest absolute Gasteiger partial charge is 0.467 e. The lowest BCUT2D eigenvalue weighted by Gasteiger charge is -2.35. The van der Waals surface area contributed by atoms with Crippen molar-refractivity contribution in [2.24, 2.45) is 0 Å². The smallest absolute Gasteiger partial charge is 0.336 e. The summed E-state index contributed by atoms with van der Waals surface area (Å²) in [5, 5.41) is 0. The zero-order valence-electron chi connectivity index (χ0n) is 14.3. The van der Waals surface area contributed by atoms with E-state index in [0.29, 0.717) is 16.8 Å². The van der Waals surface area contributed by atoms with Crippen LogP contribution in [0, 0.1) is 0 Å². The number of carbonyl (C=O) groups excluding carboxylic acids is 3. The summed E-state index contributed by atoms with van der Waals surface area (Å²) < 4.78 is 9.67. The van der Waals surface area contributed by atoms with Crippen LogP contribution in [-0.4, -0.2) is 38.1 Å². The maximum absolute atomic E-state index is 13.2. The molecular formula is C20H17NO5. The van der Waals surface area contributed by atoms with Crippen LogP contribution in [0.5, 0.6) is 0 Å². The molecule has 0 saturated carbocycles. The van der Waals surface area contributed by atoms with Gasteiger partial charge in [0.15, 0.2) is 6.04 Å². The molecule has 0 aliphatic carbocycles. The SMILES string of the molecule is COC(=O)C1=Cc2ccccc2N(C(=O)c2ccccc2)C1C(=O)OC. The van der Waals surface area contributed by atoms with E-state index >= 15 is 0 Å². The van der Waals surface area contributed by atoms with Gasteiger partial charge in [-0.1, -0.05) is 36.4 Å². The average Bonchev–Trinajstić information content (AvgIpc) is 2.71. The number of methoxy groups -OCH3 is 2. The Kier molecular flexibility index (Phi) is 4.84. The zero-order valence-corrected chi connectivity index (χ0v) is 14.3. The fourth-order valence-electron chi connectivity index (χ4n) is 2.93. The molecule has 0 saturated heterocycles. The number of amides is 1. The first-order valence-electron chi connectivity index (χ1n) is 7.94. The highest BCUT2D eigenvalue weighted by Crippen LogP contribution is 2.35. The lowest BCUT2D eigenvalue weighted by molar-refractivity contribution is -0.144. The van der Waals surface area contributed by atoms with Crippen molar-refractivity contribution in [2.75, 3.05) is 19.1 Å². The molecule has 6 nitrogen and oxygen atoms in total. The van der Waals surface area contributed by atoms with Gasteiger partial charge >= 0.3 is 11.9 Å². The maximum atomic E-state index is 13.2. The van der Waals surface area contributed by atoms with Crippen molar-refractivity contribution >= 4 is 29.6 Å². The van der Waals surface area contributed by atoms with Crippen molar-refractivity contribution in [3.63, 3.8) is 0 Å². The summed E-state index contributed by atoms with van der Waals surface area (Å²) in [5.41, 5.74) is 1.59. The van der Waals surface area contributed by atoms with Crippen LogP contribution >= 0.6 is 0 Å². The Morgan fingerprint density at radius 2 is 1.54 bits per heavy atom. The highest BCUT2D eigenvalue weighted by atomic mass is 16.5. The fourth-order valence-corrected chi connectivity index (χ4v) is 2.93. The van der Waals surface area contributed by atoms with Gasteiger partial charge < -0.3 is 9.47 Å². The third kappa shape index (κ3) is 2.97. The Balaban J connectivity index is 2.21. The van der Waals surface area contributed by atoms with Gasteiger partial charge in [-0.25, -0.2) is 9.59 Å². The predicted molar refractivity (Wildman–Crippen MR) is 95.5 cm³/mol. The quantitative estimate of drug-likeness (QED) is 0.794. The molecule has 1 aliphatic heterocycles. The van der Waals surface area contributed by atoms with Crippen molar-refractivity contribution in [2.45, 2.75) is 6.04 Å². The fraction of sp³-hybridized carbons (Fsp3) is 0.150. The number of esters is 2. The first-order valence-corrected chi connectivity index (χ1v) is 7.94. The summed E-state index contributed by atoms with van der Waals surface area (Å²) in [6.07, 6.45) is 1.55. The molecule has 0 radical (unpaired) electrons. The van der Waals surface area contributed by atoms with Crippen LogP contribution in [-0.2, 0) is 19.1 Å². The molecule has 26 heavy (non-hydrogen) atoms. The summed E-state index contributed by atoms with van der Waals surface area (Å²) >= 11 is 0. The molecule has 1 heterocycles. The number of hydrogen-bond acceptors (Lipinski definition) is 5. The Bertz CT molecular complexity index is 888. The second-order valence-corrected chi connectivity index (χ2v) is 5.62. The number of anilines is 1. The number of rotatable bonds is 3. The number of fused-ring (bicyclic) bond motifs is 1. The summed E-state index contributed by atoms with van der Waals surface area (Å²) in [6.45, 7) is 0. The van der Waals surface area contributed by atoms with Crippen molar-refractivity contribution < 1.29 is 23.9 Å². The second-order valence-electron chi connectivity index (χ2n) is 5.62. The van der Waals surface area contributed by atoms with Crippen LogP contribution in [0.4, 0.5) is 5.69 Å². The van der Waals surface area contributed by atoms with Crippen LogP contribution in [0.1, 0.15) is 15.9 Å². The van der Waals surface area contributed by atoms with Gasteiger partial charge in [-0.15, -0.1) is 0 Å². The lowest BCUT2D eigenvalue weighted by Crippen LogP contribution is -2.50. The molecule has 1 aliphatic rings. The monoisotopic (exact) mass is 351 g/mol. The molecule has 2 aromatic carbocycles. The number of nitrogens with zero attached hydrogens (tertiary/aromatic N) is 1. The van der Waals surface area contributed by atoms with Gasteiger partial charge in [-0.2, -0.15) is 0 Å². The van der Waals surface area contributed by atoms with Crippen LogP contribution in [0.3, 0.4) is 0 Å². The molecule has 132 valence electrons. The molecule has 1 amide bonds. The van der Waals surface area contributed by atoms with Crippen molar-refractivity contribution in [3.05, 3.63) is 71.3 Å². The molecule has 0 fully saturated rings. The van der Waals surface area contributed by atoms with Crippen molar-refractivity contribution in [1.82, 2.24) is 0 Å². The van der Waals surface area contributed by atoms with E-state index in [1.807, 2.05) is 0 Å². The average molecular weight is 351 g/mol. The molecule has 0 bridgehead atoms. The minimum Gasteiger partial charge on any atom is -0.467 e. The van der Waals surface area contributed by atoms with Crippen LogP contribution < -0.4 is 4.90 Å². The second kappa shape index (κ2) is 7.23. The van der Waals surface area contributed by atoms with Crippen LogP contribution in [0.25, 0.3) is 6.08 Å².